The number of carbonyl (C=O) groups is 1. The van der Waals surface area contributed by atoms with Crippen molar-refractivity contribution in [3.8, 4) is 0 Å². The first-order valence-corrected chi connectivity index (χ1v) is 10.1. The lowest BCUT2D eigenvalue weighted by atomic mass is 9.67. The lowest BCUT2D eigenvalue weighted by molar-refractivity contribution is -0.141. The zero-order chi connectivity index (χ0) is 18.7. The third kappa shape index (κ3) is 3.91. The van der Waals surface area contributed by atoms with Crippen LogP contribution in [-0.2, 0) is 11.3 Å². The van der Waals surface area contributed by atoms with Gasteiger partial charge >= 0.3 is 0 Å². The molecule has 0 N–H and O–H groups in total. The third-order valence-electron chi connectivity index (χ3n) is 6.40. The van der Waals surface area contributed by atoms with E-state index in [1.165, 1.54) is 24.0 Å². The summed E-state index contributed by atoms with van der Waals surface area (Å²) in [6.45, 7) is 7.01. The van der Waals surface area contributed by atoms with Crippen LogP contribution in [0.25, 0.3) is 0 Å². The van der Waals surface area contributed by atoms with E-state index in [0.29, 0.717) is 5.91 Å². The van der Waals surface area contributed by atoms with Crippen LogP contribution in [0, 0.1) is 5.41 Å². The summed E-state index contributed by atoms with van der Waals surface area (Å²) in [5.74, 6) is 0.330. The number of hydrogen-bond donors (Lipinski definition) is 0. The molecule has 4 rings (SSSR count). The molecular formula is C23H29N3O. The quantitative estimate of drug-likeness (QED) is 0.831. The Balaban J connectivity index is 1.47. The highest BCUT2D eigenvalue weighted by molar-refractivity contribution is 5.84. The van der Waals surface area contributed by atoms with Crippen molar-refractivity contribution in [3.05, 3.63) is 66.0 Å². The second-order valence-corrected chi connectivity index (χ2v) is 8.16. The largest absolute Gasteiger partial charge is 0.342 e. The molecule has 0 radical (unpaired) electrons. The molecule has 142 valence electrons. The van der Waals surface area contributed by atoms with Gasteiger partial charge in [0, 0.05) is 32.0 Å². The highest BCUT2D eigenvalue weighted by Crippen LogP contribution is 2.45. The van der Waals surface area contributed by atoms with Crippen LogP contribution in [-0.4, -0.2) is 46.9 Å². The Morgan fingerprint density at radius 1 is 1.11 bits per heavy atom. The minimum atomic E-state index is 0.0183. The predicted molar refractivity (Wildman–Crippen MR) is 107 cm³/mol. The van der Waals surface area contributed by atoms with Crippen molar-refractivity contribution < 1.29 is 4.79 Å². The van der Waals surface area contributed by atoms with E-state index < -0.39 is 0 Å². The van der Waals surface area contributed by atoms with Crippen molar-refractivity contribution in [2.24, 2.45) is 5.41 Å². The Morgan fingerprint density at radius 2 is 1.89 bits per heavy atom. The molecule has 1 aromatic heterocycles. The Morgan fingerprint density at radius 3 is 2.56 bits per heavy atom. The third-order valence-corrected chi connectivity index (χ3v) is 6.40. The Bertz CT molecular complexity index is 754. The highest BCUT2D eigenvalue weighted by Gasteiger charge is 2.45. The van der Waals surface area contributed by atoms with Crippen molar-refractivity contribution in [1.29, 1.82) is 0 Å². The van der Waals surface area contributed by atoms with Gasteiger partial charge in [0.15, 0.2) is 0 Å². The zero-order valence-electron chi connectivity index (χ0n) is 16.2. The molecule has 1 aromatic carbocycles. The lowest BCUT2D eigenvalue weighted by Crippen LogP contribution is -2.53. The second-order valence-electron chi connectivity index (χ2n) is 8.16. The monoisotopic (exact) mass is 363 g/mol. The smallest absolute Gasteiger partial charge is 0.230 e. The highest BCUT2D eigenvalue weighted by atomic mass is 16.2. The van der Waals surface area contributed by atoms with Gasteiger partial charge < -0.3 is 4.90 Å². The maximum atomic E-state index is 13.0. The number of nitrogens with zero attached hydrogens (tertiary/aromatic N) is 3. The average molecular weight is 364 g/mol. The van der Waals surface area contributed by atoms with Gasteiger partial charge in [-0.05, 0) is 61.9 Å². The van der Waals surface area contributed by atoms with Gasteiger partial charge in [0.05, 0.1) is 5.92 Å². The van der Waals surface area contributed by atoms with Crippen molar-refractivity contribution in [1.82, 2.24) is 14.8 Å². The SMILES string of the molecule is CCN1CC2(CCN(Cc3cccnc3)CC2)C[C@@H](c2ccccc2)C1=O. The molecule has 1 amide bonds. The molecule has 1 spiro atoms. The second kappa shape index (κ2) is 7.81. The minimum Gasteiger partial charge on any atom is -0.342 e. The minimum absolute atomic E-state index is 0.0183. The van der Waals surface area contributed by atoms with Gasteiger partial charge in [-0.25, -0.2) is 0 Å². The number of pyridine rings is 1. The van der Waals surface area contributed by atoms with Crippen LogP contribution >= 0.6 is 0 Å². The van der Waals surface area contributed by atoms with Crippen LogP contribution in [0.1, 0.15) is 43.2 Å². The first-order valence-electron chi connectivity index (χ1n) is 10.1. The van der Waals surface area contributed by atoms with E-state index in [0.717, 1.165) is 39.1 Å². The number of rotatable bonds is 4. The van der Waals surface area contributed by atoms with Gasteiger partial charge in [0.2, 0.25) is 5.91 Å². The Hall–Kier alpha value is -2.20. The van der Waals surface area contributed by atoms with Gasteiger partial charge in [0.1, 0.15) is 0 Å². The summed E-state index contributed by atoms with van der Waals surface area (Å²) in [5.41, 5.74) is 2.72. The van der Waals surface area contributed by atoms with Crippen molar-refractivity contribution >= 4 is 5.91 Å². The summed E-state index contributed by atoms with van der Waals surface area (Å²) in [7, 11) is 0. The fourth-order valence-corrected chi connectivity index (χ4v) is 4.80. The summed E-state index contributed by atoms with van der Waals surface area (Å²) >= 11 is 0. The number of benzene rings is 1. The standard InChI is InChI=1S/C23H29N3O/c1-2-26-18-23(15-21(22(26)27)20-8-4-3-5-9-20)10-13-25(14-11-23)17-19-7-6-12-24-16-19/h3-9,12,16,21H,2,10-11,13-15,17-18H2,1H3/t21-/m0/s1. The molecule has 2 aliphatic rings. The van der Waals surface area contributed by atoms with Crippen LogP contribution in [0.5, 0.6) is 0 Å². The zero-order valence-corrected chi connectivity index (χ0v) is 16.2. The Kier molecular flexibility index (Phi) is 5.26. The molecule has 2 fully saturated rings. The average Bonchev–Trinajstić information content (AvgIpc) is 2.73. The van der Waals surface area contributed by atoms with Crippen LogP contribution in [0.4, 0.5) is 0 Å². The van der Waals surface area contributed by atoms with E-state index >= 15 is 0 Å². The molecule has 0 unspecified atom stereocenters. The summed E-state index contributed by atoms with van der Waals surface area (Å²) in [4.78, 5) is 21.9. The van der Waals surface area contributed by atoms with E-state index in [1.807, 2.05) is 24.5 Å². The number of piperidine rings is 2. The number of hydrogen-bond acceptors (Lipinski definition) is 3. The number of amides is 1. The van der Waals surface area contributed by atoms with Gasteiger partial charge in [-0.1, -0.05) is 36.4 Å². The molecule has 1 atom stereocenters. The van der Waals surface area contributed by atoms with E-state index in [9.17, 15) is 4.79 Å². The summed E-state index contributed by atoms with van der Waals surface area (Å²) in [6.07, 6.45) is 7.12. The van der Waals surface area contributed by atoms with E-state index in [2.05, 4.69) is 52.0 Å². The van der Waals surface area contributed by atoms with Crippen LogP contribution in [0.3, 0.4) is 0 Å². The lowest BCUT2D eigenvalue weighted by Gasteiger charge is -2.50. The number of likely N-dealkylation sites (tertiary alicyclic amines) is 2. The topological polar surface area (TPSA) is 36.4 Å². The maximum absolute atomic E-state index is 13.0. The first kappa shape index (κ1) is 18.2. The van der Waals surface area contributed by atoms with Crippen molar-refractivity contribution in [2.75, 3.05) is 26.2 Å². The summed E-state index contributed by atoms with van der Waals surface area (Å²) < 4.78 is 0. The number of aromatic nitrogens is 1. The maximum Gasteiger partial charge on any atom is 0.230 e. The molecule has 3 heterocycles. The van der Waals surface area contributed by atoms with Gasteiger partial charge in [-0.2, -0.15) is 0 Å². The van der Waals surface area contributed by atoms with E-state index in [4.69, 9.17) is 0 Å². The van der Waals surface area contributed by atoms with Gasteiger partial charge in [0.25, 0.3) is 0 Å². The predicted octanol–water partition coefficient (Wildman–Crippen LogP) is 3.70. The molecule has 0 aliphatic carbocycles. The summed E-state index contributed by atoms with van der Waals surface area (Å²) in [6, 6.07) is 14.5. The van der Waals surface area contributed by atoms with Gasteiger partial charge in [-0.3, -0.25) is 14.7 Å². The number of carbonyl (C=O) groups excluding carboxylic acids is 1. The normalized spacial score (nSPS) is 22.9. The first-order chi connectivity index (χ1) is 13.2. The molecule has 2 aromatic rings. The van der Waals surface area contributed by atoms with Crippen molar-refractivity contribution in [3.63, 3.8) is 0 Å². The fourth-order valence-electron chi connectivity index (χ4n) is 4.80. The molecule has 4 heteroatoms. The molecular weight excluding hydrogens is 334 g/mol. The van der Waals surface area contributed by atoms with E-state index in [1.54, 1.807) is 0 Å². The molecule has 0 saturated carbocycles. The molecule has 0 bridgehead atoms. The van der Waals surface area contributed by atoms with Crippen LogP contribution in [0.2, 0.25) is 0 Å². The molecule has 2 aliphatic heterocycles. The molecule has 4 nitrogen and oxygen atoms in total. The number of likely N-dealkylation sites (N-methyl/N-ethyl adjacent to an activating group) is 1. The van der Waals surface area contributed by atoms with Crippen molar-refractivity contribution in [2.45, 2.75) is 38.6 Å². The van der Waals surface area contributed by atoms with Gasteiger partial charge in [-0.15, -0.1) is 0 Å². The fraction of sp³-hybridized carbons (Fsp3) is 0.478. The van der Waals surface area contributed by atoms with Crippen LogP contribution in [0.15, 0.2) is 54.9 Å². The summed E-state index contributed by atoms with van der Waals surface area (Å²) in [5, 5.41) is 0. The molecule has 27 heavy (non-hydrogen) atoms. The Labute approximate surface area is 162 Å². The molecule has 2 saturated heterocycles. The van der Waals surface area contributed by atoms with E-state index in [-0.39, 0.29) is 11.3 Å². The van der Waals surface area contributed by atoms with Crippen LogP contribution < -0.4 is 0 Å².